The maximum Gasteiger partial charge on any atom is 0.273 e. The summed E-state index contributed by atoms with van der Waals surface area (Å²) in [5, 5.41) is 16.1. The standard InChI is InChI=1S/C18H15N3O3S2/c22-17(10-13-6-4-5-9-16(13)21(23)24)20-18-19-14(12-26-18)11-25-15-7-2-1-3-8-15/h1-9,12H,10-11H2,(H,19,20,22). The van der Waals surface area contributed by atoms with Gasteiger partial charge in [-0.25, -0.2) is 4.98 Å². The van der Waals surface area contributed by atoms with Crippen LogP contribution in [0.4, 0.5) is 10.8 Å². The first-order chi connectivity index (χ1) is 12.6. The molecule has 0 unspecified atom stereocenters. The van der Waals surface area contributed by atoms with Crippen LogP contribution in [0.15, 0.2) is 64.9 Å². The molecule has 132 valence electrons. The molecule has 0 bridgehead atoms. The van der Waals surface area contributed by atoms with Crippen LogP contribution in [0.5, 0.6) is 0 Å². The van der Waals surface area contributed by atoms with Crippen LogP contribution in [0.2, 0.25) is 0 Å². The lowest BCUT2D eigenvalue weighted by molar-refractivity contribution is -0.385. The number of aromatic nitrogens is 1. The number of nitro groups is 1. The van der Waals surface area contributed by atoms with Gasteiger partial charge in [0.1, 0.15) is 0 Å². The molecule has 2 aromatic carbocycles. The Bertz CT molecular complexity index is 913. The number of amides is 1. The van der Waals surface area contributed by atoms with Crippen molar-refractivity contribution in [2.45, 2.75) is 17.1 Å². The Hall–Kier alpha value is -2.71. The lowest BCUT2D eigenvalue weighted by Crippen LogP contribution is -2.15. The van der Waals surface area contributed by atoms with Crippen LogP contribution >= 0.6 is 23.1 Å². The molecule has 3 rings (SSSR count). The summed E-state index contributed by atoms with van der Waals surface area (Å²) in [5.41, 5.74) is 1.21. The first-order valence-electron chi connectivity index (χ1n) is 7.76. The van der Waals surface area contributed by atoms with Gasteiger partial charge in [-0.1, -0.05) is 36.4 Å². The zero-order valence-corrected chi connectivity index (χ0v) is 15.3. The minimum atomic E-state index is -0.481. The summed E-state index contributed by atoms with van der Waals surface area (Å²) >= 11 is 3.01. The molecule has 8 heteroatoms. The van der Waals surface area contributed by atoms with Crippen molar-refractivity contribution in [3.05, 3.63) is 81.3 Å². The maximum absolute atomic E-state index is 12.2. The Balaban J connectivity index is 1.57. The van der Waals surface area contributed by atoms with Crippen LogP contribution in [0.25, 0.3) is 0 Å². The molecule has 0 atom stereocenters. The summed E-state index contributed by atoms with van der Waals surface area (Å²) in [5.74, 6) is 0.386. The van der Waals surface area contributed by atoms with E-state index < -0.39 is 4.92 Å². The molecule has 6 nitrogen and oxygen atoms in total. The molecular formula is C18H15N3O3S2. The normalized spacial score (nSPS) is 10.5. The monoisotopic (exact) mass is 385 g/mol. The number of para-hydroxylation sites is 1. The molecule has 0 spiro atoms. The number of nitro benzene ring substituents is 1. The zero-order valence-electron chi connectivity index (χ0n) is 13.6. The fraction of sp³-hybridized carbons (Fsp3) is 0.111. The second kappa shape index (κ2) is 8.59. The molecular weight excluding hydrogens is 370 g/mol. The van der Waals surface area contributed by atoms with Crippen molar-refractivity contribution in [1.29, 1.82) is 0 Å². The molecule has 0 aliphatic heterocycles. The van der Waals surface area contributed by atoms with Crippen LogP contribution in [0, 0.1) is 10.1 Å². The van der Waals surface area contributed by atoms with Gasteiger partial charge in [0.2, 0.25) is 5.91 Å². The van der Waals surface area contributed by atoms with Gasteiger partial charge in [0, 0.05) is 27.7 Å². The third kappa shape index (κ3) is 4.90. The highest BCUT2D eigenvalue weighted by molar-refractivity contribution is 7.98. The largest absolute Gasteiger partial charge is 0.302 e. The number of carbonyl (C=O) groups excluding carboxylic acids is 1. The number of hydrogen-bond donors (Lipinski definition) is 1. The predicted molar refractivity (Wildman–Crippen MR) is 104 cm³/mol. The summed E-state index contributed by atoms with van der Waals surface area (Å²) in [6.07, 6.45) is -0.0647. The molecule has 0 radical (unpaired) electrons. The number of benzene rings is 2. The first kappa shape index (κ1) is 18.1. The van der Waals surface area contributed by atoms with Crippen LogP contribution in [0.1, 0.15) is 11.3 Å². The molecule has 1 amide bonds. The number of hydrogen-bond acceptors (Lipinski definition) is 6. The van der Waals surface area contributed by atoms with E-state index in [0.717, 1.165) is 10.6 Å². The van der Waals surface area contributed by atoms with Gasteiger partial charge in [0.05, 0.1) is 17.0 Å². The molecule has 0 aliphatic rings. The Kier molecular flexibility index (Phi) is 5.98. The van der Waals surface area contributed by atoms with Gasteiger partial charge in [-0.2, -0.15) is 0 Å². The van der Waals surface area contributed by atoms with Gasteiger partial charge in [0.25, 0.3) is 5.69 Å². The average Bonchev–Trinajstić information content (AvgIpc) is 3.08. The number of anilines is 1. The molecule has 1 N–H and O–H groups in total. The molecule has 0 fully saturated rings. The van der Waals surface area contributed by atoms with Crippen molar-refractivity contribution in [1.82, 2.24) is 4.98 Å². The summed E-state index contributed by atoms with van der Waals surface area (Å²) in [6, 6.07) is 16.2. The van der Waals surface area contributed by atoms with E-state index in [9.17, 15) is 14.9 Å². The lowest BCUT2D eigenvalue weighted by atomic mass is 10.1. The van der Waals surface area contributed by atoms with E-state index in [-0.39, 0.29) is 18.0 Å². The third-order valence-electron chi connectivity index (χ3n) is 3.47. The van der Waals surface area contributed by atoms with Gasteiger partial charge in [-0.05, 0) is 12.1 Å². The number of thiazole rings is 1. The molecule has 0 aliphatic carbocycles. The van der Waals surface area contributed by atoms with E-state index in [2.05, 4.69) is 10.3 Å². The highest BCUT2D eigenvalue weighted by Crippen LogP contribution is 2.25. The van der Waals surface area contributed by atoms with E-state index >= 15 is 0 Å². The second-order valence-corrected chi connectivity index (χ2v) is 7.26. The van der Waals surface area contributed by atoms with Crippen LogP contribution in [0.3, 0.4) is 0 Å². The number of thioether (sulfide) groups is 1. The highest BCUT2D eigenvalue weighted by atomic mass is 32.2. The van der Waals surface area contributed by atoms with Crippen molar-refractivity contribution < 1.29 is 9.72 Å². The van der Waals surface area contributed by atoms with Crippen molar-refractivity contribution in [2.24, 2.45) is 0 Å². The minimum absolute atomic E-state index is 0.0539. The molecule has 0 saturated heterocycles. The number of rotatable bonds is 7. The van der Waals surface area contributed by atoms with Crippen molar-refractivity contribution in [3.63, 3.8) is 0 Å². The fourth-order valence-corrected chi connectivity index (χ4v) is 3.92. The van der Waals surface area contributed by atoms with Gasteiger partial charge in [-0.3, -0.25) is 14.9 Å². The predicted octanol–water partition coefficient (Wildman–Crippen LogP) is 4.52. The van der Waals surface area contributed by atoms with Crippen molar-refractivity contribution in [2.75, 3.05) is 5.32 Å². The molecule has 1 aromatic heterocycles. The average molecular weight is 385 g/mol. The van der Waals surface area contributed by atoms with Gasteiger partial charge >= 0.3 is 0 Å². The first-order valence-corrected chi connectivity index (χ1v) is 9.63. The topological polar surface area (TPSA) is 85.1 Å². The number of nitrogens with zero attached hydrogens (tertiary/aromatic N) is 2. The summed E-state index contributed by atoms with van der Waals surface area (Å²) in [4.78, 5) is 28.3. The van der Waals surface area contributed by atoms with Crippen LogP contribution < -0.4 is 5.32 Å². The SMILES string of the molecule is O=C(Cc1ccccc1[N+](=O)[O-])Nc1nc(CSc2ccccc2)cs1. The highest BCUT2D eigenvalue weighted by Gasteiger charge is 2.16. The van der Waals surface area contributed by atoms with Gasteiger partial charge in [0.15, 0.2) is 5.13 Å². The maximum atomic E-state index is 12.2. The third-order valence-corrected chi connectivity index (χ3v) is 5.32. The lowest BCUT2D eigenvalue weighted by Gasteiger charge is -2.03. The smallest absolute Gasteiger partial charge is 0.273 e. The molecule has 3 aromatic rings. The quantitative estimate of drug-likeness (QED) is 0.367. The van der Waals surface area contributed by atoms with Crippen molar-refractivity contribution >= 4 is 39.8 Å². The van der Waals surface area contributed by atoms with E-state index in [1.165, 1.54) is 17.4 Å². The van der Waals surface area contributed by atoms with Crippen molar-refractivity contribution in [3.8, 4) is 0 Å². The van der Waals surface area contributed by atoms with Crippen LogP contribution in [-0.2, 0) is 17.0 Å². The van der Waals surface area contributed by atoms with E-state index in [1.54, 1.807) is 30.0 Å². The van der Waals surface area contributed by atoms with E-state index in [0.29, 0.717) is 16.4 Å². The minimum Gasteiger partial charge on any atom is -0.302 e. The van der Waals surface area contributed by atoms with Gasteiger partial charge < -0.3 is 5.32 Å². The molecule has 0 saturated carbocycles. The number of nitrogens with one attached hydrogen (secondary N) is 1. The Morgan fingerprint density at radius 3 is 2.65 bits per heavy atom. The molecule has 1 heterocycles. The van der Waals surface area contributed by atoms with E-state index in [1.807, 2.05) is 35.7 Å². The Morgan fingerprint density at radius 2 is 1.88 bits per heavy atom. The Labute approximate surface area is 158 Å². The van der Waals surface area contributed by atoms with Crippen LogP contribution in [-0.4, -0.2) is 15.8 Å². The summed E-state index contributed by atoms with van der Waals surface area (Å²) in [7, 11) is 0. The Morgan fingerprint density at radius 1 is 1.15 bits per heavy atom. The summed E-state index contributed by atoms with van der Waals surface area (Å²) in [6.45, 7) is 0. The van der Waals surface area contributed by atoms with E-state index in [4.69, 9.17) is 0 Å². The second-order valence-electron chi connectivity index (χ2n) is 5.36. The zero-order chi connectivity index (χ0) is 18.4. The summed E-state index contributed by atoms with van der Waals surface area (Å²) < 4.78 is 0. The molecule has 26 heavy (non-hydrogen) atoms. The fourth-order valence-electron chi connectivity index (χ4n) is 2.28. The number of carbonyl (C=O) groups is 1. The van der Waals surface area contributed by atoms with Gasteiger partial charge in [-0.15, -0.1) is 23.1 Å².